The average Bonchev–Trinajstić information content (AvgIpc) is 2.71. The first-order chi connectivity index (χ1) is 13.8. The second-order valence-electron chi connectivity index (χ2n) is 7.67. The van der Waals surface area contributed by atoms with E-state index in [1.54, 1.807) is 25.6 Å². The average molecular weight is 401 g/mol. The van der Waals surface area contributed by atoms with Crippen LogP contribution in [-0.2, 0) is 9.59 Å². The van der Waals surface area contributed by atoms with Crippen molar-refractivity contribution in [2.24, 2.45) is 5.73 Å². The maximum absolute atomic E-state index is 12.3. The highest BCUT2D eigenvalue weighted by molar-refractivity contribution is 5.90. The minimum Gasteiger partial charge on any atom is -0.480 e. The number of anilines is 1. The van der Waals surface area contributed by atoms with Gasteiger partial charge in [0.15, 0.2) is 0 Å². The number of rotatable bonds is 7. The zero-order valence-corrected chi connectivity index (χ0v) is 16.5. The maximum atomic E-state index is 12.3. The van der Waals surface area contributed by atoms with Gasteiger partial charge in [-0.3, -0.25) is 19.6 Å². The fourth-order valence-electron chi connectivity index (χ4n) is 3.70. The van der Waals surface area contributed by atoms with Gasteiger partial charge in [-0.2, -0.15) is 0 Å². The lowest BCUT2D eigenvalue weighted by atomic mass is 9.90. The van der Waals surface area contributed by atoms with E-state index >= 15 is 0 Å². The normalized spacial score (nSPS) is 17.1. The van der Waals surface area contributed by atoms with Gasteiger partial charge in [0.05, 0.1) is 11.1 Å². The van der Waals surface area contributed by atoms with Crippen LogP contribution in [0.1, 0.15) is 25.7 Å². The van der Waals surface area contributed by atoms with Gasteiger partial charge in [-0.25, -0.2) is 0 Å². The SMILES string of the molecule is CN(CC1(O)CCN(c2ccnc3ccncc23)CC1)C(=O)CC[C@@H](N)C(=O)O. The van der Waals surface area contributed by atoms with Gasteiger partial charge in [-0.15, -0.1) is 0 Å². The van der Waals surface area contributed by atoms with Gasteiger partial charge in [-0.1, -0.05) is 0 Å². The zero-order valence-electron chi connectivity index (χ0n) is 16.5. The number of likely N-dealkylation sites (N-methyl/N-ethyl adjacent to an activating group) is 1. The van der Waals surface area contributed by atoms with Crippen molar-refractivity contribution in [2.45, 2.75) is 37.3 Å². The predicted octanol–water partition coefficient (Wildman–Crippen LogP) is 0.612. The van der Waals surface area contributed by atoms with Crippen molar-refractivity contribution in [3.05, 3.63) is 30.7 Å². The van der Waals surface area contributed by atoms with E-state index in [1.807, 2.05) is 12.1 Å². The highest BCUT2D eigenvalue weighted by atomic mass is 16.4. The van der Waals surface area contributed by atoms with Crippen LogP contribution in [0.4, 0.5) is 5.69 Å². The van der Waals surface area contributed by atoms with Crippen LogP contribution in [0.2, 0.25) is 0 Å². The third-order valence-electron chi connectivity index (χ3n) is 5.50. The van der Waals surface area contributed by atoms with Crippen LogP contribution in [0.5, 0.6) is 0 Å². The van der Waals surface area contributed by atoms with E-state index in [2.05, 4.69) is 14.9 Å². The summed E-state index contributed by atoms with van der Waals surface area (Å²) in [5.74, 6) is -1.34. The Bertz CT molecular complexity index is 877. The molecule has 0 radical (unpaired) electrons. The summed E-state index contributed by atoms with van der Waals surface area (Å²) in [5, 5.41) is 20.8. The van der Waals surface area contributed by atoms with Crippen LogP contribution in [0.3, 0.4) is 0 Å². The lowest BCUT2D eigenvalue weighted by Crippen LogP contribution is -2.51. The Hall–Kier alpha value is -2.78. The van der Waals surface area contributed by atoms with E-state index in [-0.39, 0.29) is 25.3 Å². The van der Waals surface area contributed by atoms with Crippen molar-refractivity contribution in [2.75, 3.05) is 31.6 Å². The number of piperidine rings is 1. The van der Waals surface area contributed by atoms with Gasteiger partial charge in [0, 0.05) is 62.8 Å². The highest BCUT2D eigenvalue weighted by Crippen LogP contribution is 2.30. The molecule has 4 N–H and O–H groups in total. The first-order valence-corrected chi connectivity index (χ1v) is 9.67. The van der Waals surface area contributed by atoms with Crippen molar-refractivity contribution in [3.63, 3.8) is 0 Å². The molecular formula is C20H27N5O4. The van der Waals surface area contributed by atoms with Gasteiger partial charge in [0.25, 0.3) is 0 Å². The minimum atomic E-state index is -1.12. The Balaban J connectivity index is 1.57. The summed E-state index contributed by atoms with van der Waals surface area (Å²) >= 11 is 0. The molecule has 1 fully saturated rings. The number of carboxylic acid groups (broad SMARTS) is 1. The first kappa shape index (κ1) is 20.9. The monoisotopic (exact) mass is 401 g/mol. The van der Waals surface area contributed by atoms with E-state index < -0.39 is 17.6 Å². The van der Waals surface area contributed by atoms with E-state index in [0.29, 0.717) is 25.9 Å². The number of amides is 1. The van der Waals surface area contributed by atoms with Crippen LogP contribution in [-0.4, -0.2) is 75.3 Å². The lowest BCUT2D eigenvalue weighted by molar-refractivity contribution is -0.139. The number of carbonyl (C=O) groups excluding carboxylic acids is 1. The zero-order chi connectivity index (χ0) is 21.0. The number of hydrogen-bond donors (Lipinski definition) is 3. The molecule has 1 atom stereocenters. The number of pyridine rings is 2. The topological polar surface area (TPSA) is 133 Å². The Morgan fingerprint density at radius 2 is 2.03 bits per heavy atom. The number of nitrogens with zero attached hydrogens (tertiary/aromatic N) is 4. The third kappa shape index (κ3) is 4.99. The summed E-state index contributed by atoms with van der Waals surface area (Å²) in [5.41, 5.74) is 6.39. The summed E-state index contributed by atoms with van der Waals surface area (Å²) in [6.07, 6.45) is 6.44. The van der Waals surface area contributed by atoms with Crippen LogP contribution in [0, 0.1) is 0 Å². The Labute approximate surface area is 169 Å². The smallest absolute Gasteiger partial charge is 0.320 e. The summed E-state index contributed by atoms with van der Waals surface area (Å²) in [6.45, 7) is 1.51. The van der Waals surface area contributed by atoms with Crippen molar-refractivity contribution in [1.29, 1.82) is 0 Å². The molecule has 0 bridgehead atoms. The van der Waals surface area contributed by atoms with Crippen LogP contribution < -0.4 is 10.6 Å². The van der Waals surface area contributed by atoms with E-state index in [9.17, 15) is 14.7 Å². The molecule has 156 valence electrons. The molecule has 0 saturated carbocycles. The molecule has 0 aromatic carbocycles. The molecule has 9 nitrogen and oxygen atoms in total. The molecule has 1 aliphatic rings. The molecule has 1 amide bonds. The maximum Gasteiger partial charge on any atom is 0.320 e. The molecule has 0 spiro atoms. The number of fused-ring (bicyclic) bond motifs is 1. The summed E-state index contributed by atoms with van der Waals surface area (Å²) in [6, 6.07) is 2.77. The number of aliphatic hydroxyl groups is 1. The summed E-state index contributed by atoms with van der Waals surface area (Å²) < 4.78 is 0. The number of carboxylic acids is 1. The molecule has 0 unspecified atom stereocenters. The molecule has 3 heterocycles. The summed E-state index contributed by atoms with van der Waals surface area (Å²) in [4.78, 5) is 35.3. The van der Waals surface area contributed by atoms with Crippen molar-refractivity contribution >= 4 is 28.5 Å². The molecule has 1 saturated heterocycles. The van der Waals surface area contributed by atoms with Crippen molar-refractivity contribution in [3.8, 4) is 0 Å². The number of hydrogen-bond acceptors (Lipinski definition) is 7. The second kappa shape index (κ2) is 8.71. The third-order valence-corrected chi connectivity index (χ3v) is 5.50. The molecule has 2 aromatic rings. The highest BCUT2D eigenvalue weighted by Gasteiger charge is 2.35. The van der Waals surface area contributed by atoms with Crippen molar-refractivity contribution in [1.82, 2.24) is 14.9 Å². The van der Waals surface area contributed by atoms with E-state index in [4.69, 9.17) is 10.8 Å². The molecule has 29 heavy (non-hydrogen) atoms. The Morgan fingerprint density at radius 1 is 1.31 bits per heavy atom. The number of aromatic nitrogens is 2. The standard InChI is InChI=1S/C20H27N5O4/c1-24(18(26)3-2-15(21)19(27)28)13-20(29)6-10-25(11-7-20)17-5-9-23-16-4-8-22-12-14(16)17/h4-5,8-9,12,15,29H,2-3,6-7,10-11,13,21H2,1H3,(H,27,28)/t15-/m1/s1. The summed E-state index contributed by atoms with van der Waals surface area (Å²) in [7, 11) is 1.63. The molecule has 9 heteroatoms. The van der Waals surface area contributed by atoms with Gasteiger partial charge < -0.3 is 25.7 Å². The van der Waals surface area contributed by atoms with Crippen LogP contribution in [0.25, 0.3) is 10.9 Å². The first-order valence-electron chi connectivity index (χ1n) is 9.67. The molecular weight excluding hydrogens is 374 g/mol. The van der Waals surface area contributed by atoms with E-state index in [1.165, 1.54) is 4.90 Å². The number of aliphatic carboxylic acids is 1. The van der Waals surface area contributed by atoms with Gasteiger partial charge >= 0.3 is 5.97 Å². The van der Waals surface area contributed by atoms with Crippen LogP contribution >= 0.6 is 0 Å². The fourth-order valence-corrected chi connectivity index (χ4v) is 3.70. The second-order valence-corrected chi connectivity index (χ2v) is 7.67. The van der Waals surface area contributed by atoms with E-state index in [0.717, 1.165) is 16.6 Å². The predicted molar refractivity (Wildman–Crippen MR) is 108 cm³/mol. The Kier molecular flexibility index (Phi) is 6.29. The lowest BCUT2D eigenvalue weighted by Gasteiger charge is -2.41. The number of carbonyl (C=O) groups is 2. The molecule has 0 aliphatic carbocycles. The Morgan fingerprint density at radius 3 is 2.72 bits per heavy atom. The molecule has 3 rings (SSSR count). The van der Waals surface area contributed by atoms with Gasteiger partial charge in [0.1, 0.15) is 6.04 Å². The number of nitrogens with two attached hydrogens (primary N) is 1. The van der Waals surface area contributed by atoms with Gasteiger partial charge in [-0.05, 0) is 31.4 Å². The fraction of sp³-hybridized carbons (Fsp3) is 0.500. The molecule has 2 aromatic heterocycles. The van der Waals surface area contributed by atoms with Crippen molar-refractivity contribution < 1.29 is 19.8 Å². The van der Waals surface area contributed by atoms with Gasteiger partial charge in [0.2, 0.25) is 5.91 Å². The van der Waals surface area contributed by atoms with Crippen LogP contribution in [0.15, 0.2) is 30.7 Å². The largest absolute Gasteiger partial charge is 0.480 e. The quantitative estimate of drug-likeness (QED) is 0.615. The minimum absolute atomic E-state index is 0.0438. The molecule has 1 aliphatic heterocycles.